The highest BCUT2D eigenvalue weighted by atomic mass is 16.6. The van der Waals surface area contributed by atoms with Crippen LogP contribution in [0.25, 0.3) is 0 Å². The first-order valence-electron chi connectivity index (χ1n) is 6.24. The lowest BCUT2D eigenvalue weighted by atomic mass is 10.0. The van der Waals surface area contributed by atoms with E-state index >= 15 is 0 Å². The molecule has 0 spiro atoms. The summed E-state index contributed by atoms with van der Waals surface area (Å²) in [5, 5.41) is 3.22. The lowest BCUT2D eigenvalue weighted by molar-refractivity contribution is 0.0866. The second-order valence-electron chi connectivity index (χ2n) is 4.92. The zero-order chi connectivity index (χ0) is 12.0. The number of hydrogen-bond donors (Lipinski definition) is 1. The average Bonchev–Trinajstić information content (AvgIpc) is 2.24. The van der Waals surface area contributed by atoms with Crippen LogP contribution in [0.5, 0.6) is 0 Å². The van der Waals surface area contributed by atoms with E-state index in [0.29, 0.717) is 18.6 Å². The van der Waals surface area contributed by atoms with Crippen molar-refractivity contribution in [3.05, 3.63) is 0 Å². The molecule has 1 heterocycles. The largest absolute Gasteiger partial charge is 0.448 e. The smallest absolute Gasteiger partial charge is 0.409 e. The molecule has 0 saturated carbocycles. The van der Waals surface area contributed by atoms with Crippen molar-refractivity contribution in [3.8, 4) is 0 Å². The number of piperidine rings is 1. The molecular weight excluding hydrogens is 204 g/mol. The maximum atomic E-state index is 11.7. The van der Waals surface area contributed by atoms with Crippen LogP contribution in [-0.2, 0) is 4.74 Å². The number of rotatable bonds is 4. The highest BCUT2D eigenvalue weighted by Crippen LogP contribution is 2.15. The Bertz CT molecular complexity index is 219. The van der Waals surface area contributed by atoms with Crippen molar-refractivity contribution in [1.29, 1.82) is 0 Å². The van der Waals surface area contributed by atoms with Crippen LogP contribution in [0.3, 0.4) is 0 Å². The minimum atomic E-state index is -0.155. The van der Waals surface area contributed by atoms with Crippen LogP contribution in [-0.4, -0.2) is 43.3 Å². The topological polar surface area (TPSA) is 41.6 Å². The highest BCUT2D eigenvalue weighted by Gasteiger charge is 2.21. The minimum Gasteiger partial charge on any atom is -0.448 e. The zero-order valence-electron chi connectivity index (χ0n) is 10.7. The van der Waals surface area contributed by atoms with Crippen LogP contribution in [0, 0.1) is 5.92 Å². The van der Waals surface area contributed by atoms with Crippen molar-refractivity contribution in [1.82, 2.24) is 10.2 Å². The normalized spacial score (nSPS) is 21.2. The van der Waals surface area contributed by atoms with Crippen LogP contribution < -0.4 is 5.32 Å². The Labute approximate surface area is 98.3 Å². The molecule has 1 rings (SSSR count). The van der Waals surface area contributed by atoms with Gasteiger partial charge in [-0.25, -0.2) is 4.79 Å². The quantitative estimate of drug-likeness (QED) is 0.747. The lowest BCUT2D eigenvalue weighted by Gasteiger charge is -2.30. The molecule has 94 valence electrons. The fourth-order valence-electron chi connectivity index (χ4n) is 1.93. The molecule has 16 heavy (non-hydrogen) atoms. The van der Waals surface area contributed by atoms with Crippen molar-refractivity contribution >= 4 is 6.09 Å². The first-order chi connectivity index (χ1) is 7.59. The molecule has 1 aliphatic heterocycles. The van der Waals surface area contributed by atoms with Gasteiger partial charge in [-0.15, -0.1) is 0 Å². The number of likely N-dealkylation sites (tertiary alicyclic amines) is 1. The zero-order valence-corrected chi connectivity index (χ0v) is 10.7. The second kappa shape index (κ2) is 6.74. The third-order valence-corrected chi connectivity index (χ3v) is 2.80. The van der Waals surface area contributed by atoms with Gasteiger partial charge < -0.3 is 15.0 Å². The van der Waals surface area contributed by atoms with E-state index < -0.39 is 0 Å². The van der Waals surface area contributed by atoms with Gasteiger partial charge in [0.05, 0.1) is 0 Å². The molecule has 0 radical (unpaired) electrons. The minimum absolute atomic E-state index is 0.155. The van der Waals surface area contributed by atoms with E-state index in [1.54, 1.807) is 0 Å². The molecule has 0 aromatic rings. The van der Waals surface area contributed by atoms with Gasteiger partial charge in [0.25, 0.3) is 0 Å². The predicted octanol–water partition coefficient (Wildman–Crippen LogP) is 1.85. The summed E-state index contributed by atoms with van der Waals surface area (Å²) in [6, 6.07) is 0.439. The van der Waals surface area contributed by atoms with Crippen LogP contribution in [0.1, 0.15) is 33.6 Å². The van der Waals surface area contributed by atoms with Crippen LogP contribution in [0.15, 0.2) is 0 Å². The van der Waals surface area contributed by atoms with E-state index in [2.05, 4.69) is 26.1 Å². The summed E-state index contributed by atoms with van der Waals surface area (Å²) < 4.78 is 5.20. The number of nitrogens with one attached hydrogen (secondary N) is 1. The van der Waals surface area contributed by atoms with Crippen LogP contribution >= 0.6 is 0 Å². The van der Waals surface area contributed by atoms with Crippen molar-refractivity contribution in [2.75, 3.05) is 26.2 Å². The fraction of sp³-hybridized carbons (Fsp3) is 0.917. The van der Waals surface area contributed by atoms with Gasteiger partial charge in [0.2, 0.25) is 0 Å². The van der Waals surface area contributed by atoms with E-state index in [9.17, 15) is 4.79 Å². The van der Waals surface area contributed by atoms with Gasteiger partial charge in [-0.3, -0.25) is 0 Å². The highest BCUT2D eigenvalue weighted by molar-refractivity contribution is 5.67. The maximum Gasteiger partial charge on any atom is 0.409 e. The lowest BCUT2D eigenvalue weighted by Crippen LogP contribution is -2.40. The molecule has 4 heteroatoms. The second-order valence-corrected chi connectivity index (χ2v) is 4.92. The van der Waals surface area contributed by atoms with E-state index in [1.807, 2.05) is 4.90 Å². The fourth-order valence-corrected chi connectivity index (χ4v) is 1.93. The Hall–Kier alpha value is -0.770. The Morgan fingerprint density at radius 1 is 1.56 bits per heavy atom. The molecule has 0 aromatic carbocycles. The summed E-state index contributed by atoms with van der Waals surface area (Å²) in [6.07, 6.45) is 2.16. The van der Waals surface area contributed by atoms with E-state index in [0.717, 1.165) is 26.1 Å². The van der Waals surface area contributed by atoms with Crippen molar-refractivity contribution in [2.24, 2.45) is 5.92 Å². The number of nitrogens with zero attached hydrogens (tertiary/aromatic N) is 1. The Kier molecular flexibility index (Phi) is 5.60. The van der Waals surface area contributed by atoms with E-state index in [-0.39, 0.29) is 6.09 Å². The van der Waals surface area contributed by atoms with Gasteiger partial charge in [-0.1, -0.05) is 20.8 Å². The molecule has 1 N–H and O–H groups in total. The summed E-state index contributed by atoms with van der Waals surface area (Å²) in [5.74, 6) is 0.607. The SMILES string of the molecule is CC1CCCN(C(=O)OCCNC(C)C)C1. The molecule has 1 atom stereocenters. The number of ether oxygens (including phenoxy) is 1. The van der Waals surface area contributed by atoms with Gasteiger partial charge in [0, 0.05) is 25.7 Å². The van der Waals surface area contributed by atoms with Crippen molar-refractivity contribution in [3.63, 3.8) is 0 Å². The Morgan fingerprint density at radius 3 is 2.94 bits per heavy atom. The number of carbonyl (C=O) groups is 1. The molecule has 1 saturated heterocycles. The van der Waals surface area contributed by atoms with Crippen molar-refractivity contribution in [2.45, 2.75) is 39.7 Å². The van der Waals surface area contributed by atoms with E-state index in [1.165, 1.54) is 6.42 Å². The number of amides is 1. The first-order valence-corrected chi connectivity index (χ1v) is 6.24. The van der Waals surface area contributed by atoms with Crippen LogP contribution in [0.2, 0.25) is 0 Å². The standard InChI is InChI=1S/C12H24N2O2/c1-10(2)13-6-8-16-12(15)14-7-4-5-11(3)9-14/h10-11,13H,4-9H2,1-3H3. The predicted molar refractivity (Wildman–Crippen MR) is 64.5 cm³/mol. The molecule has 1 fully saturated rings. The number of hydrogen-bond acceptors (Lipinski definition) is 3. The summed E-state index contributed by atoms with van der Waals surface area (Å²) in [4.78, 5) is 13.5. The molecular formula is C12H24N2O2. The summed E-state index contributed by atoms with van der Waals surface area (Å²) in [6.45, 7) is 9.22. The first kappa shape index (κ1) is 13.3. The van der Waals surface area contributed by atoms with Gasteiger partial charge in [0.1, 0.15) is 6.61 Å². The Morgan fingerprint density at radius 2 is 2.31 bits per heavy atom. The summed E-state index contributed by atoms with van der Waals surface area (Å²) in [5.41, 5.74) is 0. The molecule has 1 aliphatic rings. The average molecular weight is 228 g/mol. The van der Waals surface area contributed by atoms with Gasteiger partial charge >= 0.3 is 6.09 Å². The van der Waals surface area contributed by atoms with Gasteiger partial charge in [-0.05, 0) is 18.8 Å². The van der Waals surface area contributed by atoms with Crippen LogP contribution in [0.4, 0.5) is 4.79 Å². The Balaban J connectivity index is 2.14. The summed E-state index contributed by atoms with van der Waals surface area (Å²) >= 11 is 0. The van der Waals surface area contributed by atoms with Gasteiger partial charge in [-0.2, -0.15) is 0 Å². The maximum absolute atomic E-state index is 11.7. The molecule has 1 amide bonds. The molecule has 0 aromatic heterocycles. The van der Waals surface area contributed by atoms with E-state index in [4.69, 9.17) is 4.74 Å². The third-order valence-electron chi connectivity index (χ3n) is 2.80. The van der Waals surface area contributed by atoms with Crippen molar-refractivity contribution < 1.29 is 9.53 Å². The molecule has 4 nitrogen and oxygen atoms in total. The van der Waals surface area contributed by atoms with Gasteiger partial charge in [0.15, 0.2) is 0 Å². The monoisotopic (exact) mass is 228 g/mol. The molecule has 0 aliphatic carbocycles. The number of carbonyl (C=O) groups excluding carboxylic acids is 1. The molecule has 1 unspecified atom stereocenters. The third kappa shape index (κ3) is 4.84. The summed E-state index contributed by atoms with van der Waals surface area (Å²) in [7, 11) is 0. The molecule has 0 bridgehead atoms.